The van der Waals surface area contributed by atoms with Crippen LogP contribution in [0.5, 0.6) is 0 Å². The van der Waals surface area contributed by atoms with E-state index in [0.29, 0.717) is 16.7 Å². The first-order chi connectivity index (χ1) is 5.72. The standard InChI is InChI=1S/C8H9BrFNO/c9-6-3-7(10)5-8(4-6)11-1-2-12/h3-5,11-12H,1-2H2. The van der Waals surface area contributed by atoms with Gasteiger partial charge in [-0.15, -0.1) is 0 Å². The van der Waals surface area contributed by atoms with Crippen molar-refractivity contribution in [1.82, 2.24) is 0 Å². The van der Waals surface area contributed by atoms with Gasteiger partial charge in [-0.25, -0.2) is 4.39 Å². The third-order valence-electron chi connectivity index (χ3n) is 1.30. The van der Waals surface area contributed by atoms with Crippen molar-refractivity contribution in [1.29, 1.82) is 0 Å². The molecule has 1 rings (SSSR count). The summed E-state index contributed by atoms with van der Waals surface area (Å²) in [4.78, 5) is 0. The highest BCUT2D eigenvalue weighted by Crippen LogP contribution is 2.18. The fraction of sp³-hybridized carbons (Fsp3) is 0.250. The Balaban J connectivity index is 2.72. The Kier molecular flexibility index (Phi) is 3.49. The van der Waals surface area contributed by atoms with E-state index in [9.17, 15) is 4.39 Å². The Morgan fingerprint density at radius 1 is 1.42 bits per heavy atom. The minimum atomic E-state index is -0.301. The second-order valence-electron chi connectivity index (χ2n) is 2.31. The third-order valence-corrected chi connectivity index (χ3v) is 1.76. The molecule has 0 aliphatic rings. The number of aliphatic hydroxyl groups is 1. The minimum absolute atomic E-state index is 0.0358. The second kappa shape index (κ2) is 4.42. The van der Waals surface area contributed by atoms with Gasteiger partial charge in [0.2, 0.25) is 0 Å². The highest BCUT2D eigenvalue weighted by Gasteiger charge is 1.96. The van der Waals surface area contributed by atoms with Crippen LogP contribution in [0, 0.1) is 5.82 Å². The topological polar surface area (TPSA) is 32.3 Å². The molecule has 0 fully saturated rings. The van der Waals surface area contributed by atoms with Gasteiger partial charge in [0.25, 0.3) is 0 Å². The predicted molar refractivity (Wildman–Crippen MR) is 49.7 cm³/mol. The van der Waals surface area contributed by atoms with Crippen LogP contribution < -0.4 is 5.32 Å². The van der Waals surface area contributed by atoms with E-state index in [2.05, 4.69) is 21.2 Å². The van der Waals surface area contributed by atoms with Crippen molar-refractivity contribution < 1.29 is 9.50 Å². The molecule has 12 heavy (non-hydrogen) atoms. The average Bonchev–Trinajstić information content (AvgIpc) is 1.99. The van der Waals surface area contributed by atoms with Crippen LogP contribution in [-0.4, -0.2) is 18.3 Å². The van der Waals surface area contributed by atoms with Gasteiger partial charge in [-0.05, 0) is 18.2 Å². The zero-order chi connectivity index (χ0) is 8.97. The molecule has 4 heteroatoms. The minimum Gasteiger partial charge on any atom is -0.395 e. The molecule has 2 nitrogen and oxygen atoms in total. The maximum absolute atomic E-state index is 12.7. The summed E-state index contributed by atoms with van der Waals surface area (Å²) in [7, 11) is 0. The maximum Gasteiger partial charge on any atom is 0.126 e. The van der Waals surface area contributed by atoms with Gasteiger partial charge in [0, 0.05) is 16.7 Å². The van der Waals surface area contributed by atoms with E-state index in [1.807, 2.05) is 0 Å². The van der Waals surface area contributed by atoms with Gasteiger partial charge < -0.3 is 10.4 Å². The second-order valence-corrected chi connectivity index (χ2v) is 3.22. The van der Waals surface area contributed by atoms with Crippen LogP contribution in [0.3, 0.4) is 0 Å². The fourth-order valence-electron chi connectivity index (χ4n) is 0.856. The van der Waals surface area contributed by atoms with Crippen molar-refractivity contribution in [3.63, 3.8) is 0 Å². The van der Waals surface area contributed by atoms with Crippen LogP contribution in [-0.2, 0) is 0 Å². The van der Waals surface area contributed by atoms with E-state index in [0.717, 1.165) is 0 Å². The molecular weight excluding hydrogens is 225 g/mol. The number of hydrogen-bond acceptors (Lipinski definition) is 2. The number of aliphatic hydroxyl groups excluding tert-OH is 1. The van der Waals surface area contributed by atoms with Gasteiger partial charge >= 0.3 is 0 Å². The van der Waals surface area contributed by atoms with E-state index in [4.69, 9.17) is 5.11 Å². The average molecular weight is 234 g/mol. The lowest BCUT2D eigenvalue weighted by Crippen LogP contribution is -2.05. The molecule has 0 radical (unpaired) electrons. The highest BCUT2D eigenvalue weighted by atomic mass is 79.9. The van der Waals surface area contributed by atoms with Crippen molar-refractivity contribution in [2.75, 3.05) is 18.5 Å². The monoisotopic (exact) mass is 233 g/mol. The van der Waals surface area contributed by atoms with Crippen molar-refractivity contribution >= 4 is 21.6 Å². The lowest BCUT2D eigenvalue weighted by molar-refractivity contribution is 0.311. The number of rotatable bonds is 3. The molecule has 0 saturated carbocycles. The van der Waals surface area contributed by atoms with Crippen molar-refractivity contribution in [3.05, 3.63) is 28.5 Å². The molecule has 1 aromatic rings. The first-order valence-corrected chi connectivity index (χ1v) is 4.32. The molecule has 66 valence electrons. The van der Waals surface area contributed by atoms with Crippen LogP contribution in [0.1, 0.15) is 0 Å². The highest BCUT2D eigenvalue weighted by molar-refractivity contribution is 9.10. The van der Waals surface area contributed by atoms with Crippen LogP contribution in [0.25, 0.3) is 0 Å². The molecule has 0 saturated heterocycles. The first kappa shape index (κ1) is 9.48. The summed E-state index contributed by atoms with van der Waals surface area (Å²) in [5.74, 6) is -0.301. The van der Waals surface area contributed by atoms with Crippen LogP contribution in [0.4, 0.5) is 10.1 Å². The van der Waals surface area contributed by atoms with Gasteiger partial charge in [0.05, 0.1) is 6.61 Å². The zero-order valence-electron chi connectivity index (χ0n) is 6.35. The largest absolute Gasteiger partial charge is 0.395 e. The SMILES string of the molecule is OCCNc1cc(F)cc(Br)c1. The molecule has 1 aromatic carbocycles. The summed E-state index contributed by atoms with van der Waals surface area (Å²) < 4.78 is 13.4. The Morgan fingerprint density at radius 3 is 2.75 bits per heavy atom. The van der Waals surface area contributed by atoms with E-state index < -0.39 is 0 Å². The summed E-state index contributed by atoms with van der Waals surface area (Å²) in [6.07, 6.45) is 0. The molecule has 0 atom stereocenters. The maximum atomic E-state index is 12.7. The van der Waals surface area contributed by atoms with E-state index >= 15 is 0 Å². The quantitative estimate of drug-likeness (QED) is 0.838. The molecule has 0 spiro atoms. The Bertz CT molecular complexity index is 247. The van der Waals surface area contributed by atoms with Crippen molar-refractivity contribution in [3.8, 4) is 0 Å². The first-order valence-electron chi connectivity index (χ1n) is 3.53. The Labute approximate surface area is 78.5 Å². The molecule has 0 heterocycles. The fourth-order valence-corrected chi connectivity index (χ4v) is 1.32. The summed E-state index contributed by atoms with van der Waals surface area (Å²) >= 11 is 3.16. The lowest BCUT2D eigenvalue weighted by Gasteiger charge is -2.04. The summed E-state index contributed by atoms with van der Waals surface area (Å²) in [6, 6.07) is 4.50. The molecule has 2 N–H and O–H groups in total. The summed E-state index contributed by atoms with van der Waals surface area (Å²) in [5.41, 5.74) is 0.663. The smallest absolute Gasteiger partial charge is 0.126 e. The number of hydrogen-bond donors (Lipinski definition) is 2. The normalized spacial score (nSPS) is 9.92. The summed E-state index contributed by atoms with van der Waals surface area (Å²) in [6.45, 7) is 0.462. The van der Waals surface area contributed by atoms with Crippen molar-refractivity contribution in [2.45, 2.75) is 0 Å². The summed E-state index contributed by atoms with van der Waals surface area (Å²) in [5, 5.41) is 11.4. The number of anilines is 1. The number of nitrogens with one attached hydrogen (secondary N) is 1. The van der Waals surface area contributed by atoms with Gasteiger partial charge in [0.15, 0.2) is 0 Å². The molecule has 0 bridgehead atoms. The van der Waals surface area contributed by atoms with Crippen LogP contribution in [0.2, 0.25) is 0 Å². The lowest BCUT2D eigenvalue weighted by atomic mass is 10.3. The molecule has 0 aromatic heterocycles. The number of benzene rings is 1. The van der Waals surface area contributed by atoms with Crippen molar-refractivity contribution in [2.24, 2.45) is 0 Å². The van der Waals surface area contributed by atoms with Crippen LogP contribution >= 0.6 is 15.9 Å². The van der Waals surface area contributed by atoms with Crippen LogP contribution in [0.15, 0.2) is 22.7 Å². The predicted octanol–water partition coefficient (Wildman–Crippen LogP) is 1.99. The van der Waals surface area contributed by atoms with Gasteiger partial charge in [-0.2, -0.15) is 0 Å². The molecule has 0 aliphatic carbocycles. The molecular formula is C8H9BrFNO. The van der Waals surface area contributed by atoms with Gasteiger partial charge in [0.1, 0.15) is 5.82 Å². The molecule has 0 aliphatic heterocycles. The van der Waals surface area contributed by atoms with E-state index in [1.165, 1.54) is 12.1 Å². The Morgan fingerprint density at radius 2 is 2.17 bits per heavy atom. The molecule has 0 amide bonds. The van der Waals surface area contributed by atoms with Gasteiger partial charge in [-0.3, -0.25) is 0 Å². The third kappa shape index (κ3) is 2.79. The van der Waals surface area contributed by atoms with E-state index in [-0.39, 0.29) is 12.4 Å². The molecule has 0 unspecified atom stereocenters. The zero-order valence-corrected chi connectivity index (χ0v) is 7.94. The van der Waals surface area contributed by atoms with E-state index in [1.54, 1.807) is 6.07 Å². The van der Waals surface area contributed by atoms with Gasteiger partial charge in [-0.1, -0.05) is 15.9 Å². The number of halogens is 2. The Hall–Kier alpha value is -0.610.